The van der Waals surface area contributed by atoms with Gasteiger partial charge in [-0.15, -0.1) is 0 Å². The molecule has 1 amide bonds. The second-order valence-electron chi connectivity index (χ2n) is 6.99. The van der Waals surface area contributed by atoms with Crippen LogP contribution in [0.5, 0.6) is 0 Å². The van der Waals surface area contributed by atoms with Crippen LogP contribution in [0, 0.1) is 0 Å². The highest BCUT2D eigenvalue weighted by Crippen LogP contribution is 2.30. The predicted octanol–water partition coefficient (Wildman–Crippen LogP) is 3.79. The number of aliphatic hydroxyl groups excluding tert-OH is 1. The number of hydrogen-bond acceptors (Lipinski definition) is 4. The maximum Gasteiger partial charge on any atom is 0.416 e. The molecule has 8 heteroatoms. The smallest absolute Gasteiger partial charge is 0.416 e. The number of rotatable bonds is 6. The van der Waals surface area contributed by atoms with E-state index in [9.17, 15) is 27.9 Å². The van der Waals surface area contributed by atoms with Crippen molar-refractivity contribution in [3.63, 3.8) is 0 Å². The van der Waals surface area contributed by atoms with E-state index in [4.69, 9.17) is 4.74 Å². The minimum atomic E-state index is -4.53. The summed E-state index contributed by atoms with van der Waals surface area (Å²) in [5, 5.41) is 14.6. The Kier molecular flexibility index (Phi) is 6.60. The maximum absolute atomic E-state index is 12.7. The summed E-state index contributed by atoms with van der Waals surface area (Å²) in [4.78, 5) is 24.7. The maximum atomic E-state index is 12.7. The molecule has 0 saturated carbocycles. The molecule has 3 rings (SSSR count). The molecule has 3 aromatic rings. The quantitative estimate of drug-likeness (QED) is 0.583. The summed E-state index contributed by atoms with van der Waals surface area (Å²) in [6.45, 7) is 0. The standard InChI is InChI=1S/C23H20F3NO4/c1-31-22(30)19(13-14-6-7-15-4-2-3-5-17(15)12-14)27-21(29)20(28)16-8-10-18(11-9-16)23(24,25)26/h2-12,19-20,28H,13H2,1H3,(H,27,29)/t19-,20-/m0/s1. The van der Waals surface area contributed by atoms with Crippen molar-refractivity contribution in [2.45, 2.75) is 24.7 Å². The Morgan fingerprint density at radius 2 is 1.65 bits per heavy atom. The summed E-state index contributed by atoms with van der Waals surface area (Å²) in [7, 11) is 1.17. The van der Waals surface area contributed by atoms with Gasteiger partial charge in [0, 0.05) is 6.42 Å². The number of alkyl halides is 3. The number of carbonyl (C=O) groups is 2. The lowest BCUT2D eigenvalue weighted by Crippen LogP contribution is -2.45. The zero-order valence-corrected chi connectivity index (χ0v) is 16.5. The molecule has 0 spiro atoms. The first kappa shape index (κ1) is 22.3. The van der Waals surface area contributed by atoms with E-state index >= 15 is 0 Å². The van der Waals surface area contributed by atoms with E-state index < -0.39 is 35.8 Å². The lowest BCUT2D eigenvalue weighted by molar-refractivity contribution is -0.146. The average molecular weight is 431 g/mol. The van der Waals surface area contributed by atoms with Crippen LogP contribution in [-0.4, -0.2) is 30.1 Å². The van der Waals surface area contributed by atoms with Crippen molar-refractivity contribution in [3.8, 4) is 0 Å². The summed E-state index contributed by atoms with van der Waals surface area (Å²) < 4.78 is 42.8. The van der Waals surface area contributed by atoms with E-state index in [1.807, 2.05) is 42.5 Å². The summed E-state index contributed by atoms with van der Waals surface area (Å²) in [6.07, 6.45) is -6.16. The molecule has 0 radical (unpaired) electrons. The van der Waals surface area contributed by atoms with Crippen LogP contribution in [-0.2, 0) is 26.9 Å². The van der Waals surface area contributed by atoms with Crippen LogP contribution in [0.25, 0.3) is 10.8 Å². The van der Waals surface area contributed by atoms with E-state index in [1.54, 1.807) is 0 Å². The van der Waals surface area contributed by atoms with Gasteiger partial charge in [0.05, 0.1) is 12.7 Å². The number of fused-ring (bicyclic) bond motifs is 1. The minimum Gasteiger partial charge on any atom is -0.467 e. The molecule has 0 aliphatic rings. The van der Waals surface area contributed by atoms with Gasteiger partial charge in [-0.05, 0) is 34.0 Å². The Labute approximate surface area is 176 Å². The third kappa shape index (κ3) is 5.40. The van der Waals surface area contributed by atoms with Gasteiger partial charge in [-0.25, -0.2) is 4.79 Å². The number of ether oxygens (including phenoxy) is 1. The van der Waals surface area contributed by atoms with Gasteiger partial charge < -0.3 is 15.2 Å². The van der Waals surface area contributed by atoms with Crippen LogP contribution in [0.3, 0.4) is 0 Å². The number of nitrogens with one attached hydrogen (secondary N) is 1. The lowest BCUT2D eigenvalue weighted by atomic mass is 10.0. The van der Waals surface area contributed by atoms with Crippen LogP contribution in [0.4, 0.5) is 13.2 Å². The van der Waals surface area contributed by atoms with Crippen molar-refractivity contribution >= 4 is 22.6 Å². The number of methoxy groups -OCH3 is 1. The topological polar surface area (TPSA) is 75.6 Å². The van der Waals surface area contributed by atoms with Gasteiger partial charge in [0.2, 0.25) is 0 Å². The largest absolute Gasteiger partial charge is 0.467 e. The molecular formula is C23H20F3NO4. The normalized spacial score (nSPS) is 13.5. The number of esters is 1. The molecule has 31 heavy (non-hydrogen) atoms. The Balaban J connectivity index is 1.75. The van der Waals surface area contributed by atoms with Gasteiger partial charge in [0.15, 0.2) is 6.10 Å². The molecule has 5 nitrogen and oxygen atoms in total. The van der Waals surface area contributed by atoms with E-state index in [-0.39, 0.29) is 12.0 Å². The highest BCUT2D eigenvalue weighted by Gasteiger charge is 2.31. The van der Waals surface area contributed by atoms with Crippen LogP contribution in [0.15, 0.2) is 66.7 Å². The molecule has 0 aliphatic heterocycles. The van der Waals surface area contributed by atoms with Gasteiger partial charge in [0.25, 0.3) is 5.91 Å². The van der Waals surface area contributed by atoms with E-state index in [1.165, 1.54) is 7.11 Å². The minimum absolute atomic E-state index is 0.0279. The van der Waals surface area contributed by atoms with Crippen molar-refractivity contribution in [2.24, 2.45) is 0 Å². The fourth-order valence-electron chi connectivity index (χ4n) is 3.19. The van der Waals surface area contributed by atoms with Crippen LogP contribution >= 0.6 is 0 Å². The molecule has 0 saturated heterocycles. The van der Waals surface area contributed by atoms with E-state index in [0.717, 1.165) is 40.6 Å². The highest BCUT2D eigenvalue weighted by molar-refractivity contribution is 5.88. The predicted molar refractivity (Wildman–Crippen MR) is 108 cm³/mol. The molecule has 2 N–H and O–H groups in total. The van der Waals surface area contributed by atoms with Crippen molar-refractivity contribution in [1.29, 1.82) is 0 Å². The third-order valence-electron chi connectivity index (χ3n) is 4.86. The fourth-order valence-corrected chi connectivity index (χ4v) is 3.19. The van der Waals surface area contributed by atoms with Gasteiger partial charge >= 0.3 is 12.1 Å². The van der Waals surface area contributed by atoms with E-state index in [2.05, 4.69) is 5.32 Å². The average Bonchev–Trinajstić information content (AvgIpc) is 2.77. The molecule has 3 aromatic carbocycles. The number of benzene rings is 3. The number of carbonyl (C=O) groups excluding carboxylic acids is 2. The SMILES string of the molecule is COC(=O)[C@H](Cc1ccc2ccccc2c1)NC(=O)[C@@H](O)c1ccc(C(F)(F)F)cc1. The summed E-state index contributed by atoms with van der Waals surface area (Å²) in [5.41, 5.74) is -0.161. The van der Waals surface area contributed by atoms with Crippen molar-refractivity contribution < 1.29 is 32.6 Å². The van der Waals surface area contributed by atoms with Crippen LogP contribution in [0.2, 0.25) is 0 Å². The van der Waals surface area contributed by atoms with Crippen LogP contribution in [0.1, 0.15) is 22.8 Å². The third-order valence-corrected chi connectivity index (χ3v) is 4.86. The molecule has 2 atom stereocenters. The molecule has 0 bridgehead atoms. The monoisotopic (exact) mass is 431 g/mol. The molecule has 0 aliphatic carbocycles. The summed E-state index contributed by atoms with van der Waals surface area (Å²) >= 11 is 0. The van der Waals surface area contributed by atoms with Gasteiger partial charge in [0.1, 0.15) is 6.04 Å². The first-order valence-electron chi connectivity index (χ1n) is 9.40. The Hall–Kier alpha value is -3.39. The second-order valence-corrected chi connectivity index (χ2v) is 6.99. The number of aliphatic hydroxyl groups is 1. The van der Waals surface area contributed by atoms with Gasteiger partial charge in [-0.2, -0.15) is 13.2 Å². The summed E-state index contributed by atoms with van der Waals surface area (Å²) in [5.74, 6) is -1.63. The fraction of sp³-hybridized carbons (Fsp3) is 0.217. The number of hydrogen-bond donors (Lipinski definition) is 2. The first-order valence-corrected chi connectivity index (χ1v) is 9.40. The second kappa shape index (κ2) is 9.18. The van der Waals surface area contributed by atoms with Crippen molar-refractivity contribution in [3.05, 3.63) is 83.4 Å². The molecule has 0 heterocycles. The lowest BCUT2D eigenvalue weighted by Gasteiger charge is -2.19. The number of amides is 1. The van der Waals surface area contributed by atoms with Crippen LogP contribution < -0.4 is 5.32 Å². The molecular weight excluding hydrogens is 411 g/mol. The van der Waals surface area contributed by atoms with Crippen molar-refractivity contribution in [1.82, 2.24) is 5.32 Å². The molecule has 0 fully saturated rings. The first-order chi connectivity index (χ1) is 14.7. The Morgan fingerprint density at radius 3 is 2.26 bits per heavy atom. The van der Waals surface area contributed by atoms with Gasteiger partial charge in [-0.3, -0.25) is 4.79 Å². The number of halogens is 3. The molecule has 0 unspecified atom stereocenters. The zero-order valence-electron chi connectivity index (χ0n) is 16.5. The van der Waals surface area contributed by atoms with Crippen molar-refractivity contribution in [2.75, 3.05) is 7.11 Å². The molecule has 162 valence electrons. The highest BCUT2D eigenvalue weighted by atomic mass is 19.4. The Bertz CT molecular complexity index is 1080. The van der Waals surface area contributed by atoms with E-state index in [0.29, 0.717) is 0 Å². The molecule has 0 aromatic heterocycles. The summed E-state index contributed by atoms with van der Waals surface area (Å²) in [6, 6.07) is 15.7. The Morgan fingerprint density at radius 1 is 1.00 bits per heavy atom. The zero-order chi connectivity index (χ0) is 22.6. The van der Waals surface area contributed by atoms with Gasteiger partial charge in [-0.1, -0.05) is 54.6 Å².